The van der Waals surface area contributed by atoms with Crippen molar-refractivity contribution in [3.63, 3.8) is 0 Å². The van der Waals surface area contributed by atoms with Crippen LogP contribution in [0.2, 0.25) is 0 Å². The van der Waals surface area contributed by atoms with Gasteiger partial charge >= 0.3 is 0 Å². The van der Waals surface area contributed by atoms with E-state index in [1.54, 1.807) is 6.08 Å². The van der Waals surface area contributed by atoms with E-state index in [0.29, 0.717) is 17.1 Å². The lowest BCUT2D eigenvalue weighted by Gasteiger charge is -2.13. The molecule has 1 atom stereocenters. The molecular weight excluding hydrogens is 334 g/mol. The van der Waals surface area contributed by atoms with Crippen LogP contribution in [0.3, 0.4) is 0 Å². The van der Waals surface area contributed by atoms with Gasteiger partial charge in [-0.2, -0.15) is 0 Å². The average Bonchev–Trinajstić information content (AvgIpc) is 2.88. The topological polar surface area (TPSA) is 50.8 Å². The number of allylic oxidation sites excluding steroid dienone is 4. The van der Waals surface area contributed by atoms with Crippen molar-refractivity contribution in [3.05, 3.63) is 52.6 Å². The second-order valence-electron chi connectivity index (χ2n) is 6.46. The summed E-state index contributed by atoms with van der Waals surface area (Å²) in [6.45, 7) is 5.24. The highest BCUT2D eigenvalue weighted by Gasteiger charge is 2.20. The number of hydrogen-bond donors (Lipinski definition) is 1. The third-order valence-electron chi connectivity index (χ3n) is 4.78. The van der Waals surface area contributed by atoms with E-state index >= 15 is 0 Å². The number of carbonyl (C=O) groups excluding carboxylic acids is 1. The number of fused-ring (bicyclic) bond motifs is 1. The van der Waals surface area contributed by atoms with Crippen LogP contribution in [-0.2, 0) is 24.3 Å². The second kappa shape index (κ2) is 7.44. The SMILES string of the molecule is CCCn1c(=N)n(CC(=O)C2C=CC(Cl)=CC2)c2cccc(CC)c21. The predicted molar refractivity (Wildman–Crippen MR) is 102 cm³/mol. The van der Waals surface area contributed by atoms with Crippen LogP contribution in [0.25, 0.3) is 11.0 Å². The van der Waals surface area contributed by atoms with Crippen LogP contribution in [0.15, 0.2) is 41.5 Å². The Bertz CT molecular complexity index is 917. The first kappa shape index (κ1) is 17.7. The Morgan fingerprint density at radius 1 is 1.32 bits per heavy atom. The van der Waals surface area contributed by atoms with Gasteiger partial charge < -0.3 is 9.13 Å². The van der Waals surface area contributed by atoms with E-state index in [1.165, 1.54) is 5.56 Å². The van der Waals surface area contributed by atoms with E-state index in [-0.39, 0.29) is 18.2 Å². The van der Waals surface area contributed by atoms with Gasteiger partial charge in [0.25, 0.3) is 0 Å². The van der Waals surface area contributed by atoms with Gasteiger partial charge in [-0.1, -0.05) is 49.7 Å². The average molecular weight is 358 g/mol. The Morgan fingerprint density at radius 2 is 2.12 bits per heavy atom. The molecule has 0 amide bonds. The summed E-state index contributed by atoms with van der Waals surface area (Å²) in [6.07, 6.45) is 8.04. The molecule has 2 aromatic rings. The van der Waals surface area contributed by atoms with E-state index < -0.39 is 0 Å². The van der Waals surface area contributed by atoms with E-state index in [2.05, 4.69) is 19.9 Å². The molecule has 0 spiro atoms. The number of nitrogens with one attached hydrogen (secondary N) is 1. The quantitative estimate of drug-likeness (QED) is 0.829. The summed E-state index contributed by atoms with van der Waals surface area (Å²) in [6, 6.07) is 6.14. The highest BCUT2D eigenvalue weighted by molar-refractivity contribution is 6.31. The summed E-state index contributed by atoms with van der Waals surface area (Å²) in [4.78, 5) is 12.8. The van der Waals surface area contributed by atoms with Crippen molar-refractivity contribution in [1.29, 1.82) is 5.41 Å². The van der Waals surface area contributed by atoms with Crippen LogP contribution in [0.5, 0.6) is 0 Å². The van der Waals surface area contributed by atoms with Gasteiger partial charge in [-0.05, 0) is 37.0 Å². The molecule has 4 nitrogen and oxygen atoms in total. The zero-order valence-electron chi connectivity index (χ0n) is 14.8. The summed E-state index contributed by atoms with van der Waals surface area (Å²) in [5.74, 6) is -0.0408. The number of carbonyl (C=O) groups is 1. The number of Topliss-reactive ketones (excluding diaryl/α,β-unsaturated/α-hetero) is 1. The molecule has 25 heavy (non-hydrogen) atoms. The zero-order chi connectivity index (χ0) is 18.0. The van der Waals surface area contributed by atoms with Crippen LogP contribution >= 0.6 is 11.6 Å². The van der Waals surface area contributed by atoms with Crippen molar-refractivity contribution >= 4 is 28.4 Å². The van der Waals surface area contributed by atoms with Crippen LogP contribution in [0, 0.1) is 11.3 Å². The molecule has 0 saturated heterocycles. The molecule has 5 heteroatoms. The number of benzene rings is 1. The Labute approximate surface area is 152 Å². The number of halogens is 1. The van der Waals surface area contributed by atoms with E-state index in [0.717, 1.165) is 30.4 Å². The smallest absolute Gasteiger partial charge is 0.203 e. The maximum atomic E-state index is 12.8. The molecule has 1 aromatic heterocycles. The standard InChI is InChI=1S/C20H24ClN3O/c1-3-12-23-19-14(4-2)6-5-7-17(19)24(20(23)22)13-18(25)15-8-10-16(21)11-9-15/h5-8,10-11,15,22H,3-4,9,12-13H2,1-2H3. The minimum absolute atomic E-state index is 0.118. The first-order valence-corrected chi connectivity index (χ1v) is 9.26. The molecule has 3 rings (SSSR count). The number of hydrogen-bond acceptors (Lipinski definition) is 2. The largest absolute Gasteiger partial charge is 0.310 e. The van der Waals surface area contributed by atoms with Gasteiger partial charge in [0, 0.05) is 17.5 Å². The third kappa shape index (κ3) is 3.36. The Kier molecular flexibility index (Phi) is 5.28. The number of imidazole rings is 1. The molecule has 1 heterocycles. The van der Waals surface area contributed by atoms with E-state index in [1.807, 2.05) is 33.4 Å². The van der Waals surface area contributed by atoms with Gasteiger partial charge in [-0.25, -0.2) is 0 Å². The lowest BCUT2D eigenvalue weighted by molar-refractivity contribution is -0.122. The fourth-order valence-corrected chi connectivity index (χ4v) is 3.63. The van der Waals surface area contributed by atoms with Crippen molar-refractivity contribution in [3.8, 4) is 0 Å². The molecule has 0 fully saturated rings. The molecule has 1 unspecified atom stereocenters. The van der Waals surface area contributed by atoms with Crippen LogP contribution in [-0.4, -0.2) is 14.9 Å². The van der Waals surface area contributed by atoms with Gasteiger partial charge in [0.05, 0.1) is 17.6 Å². The summed E-state index contributed by atoms with van der Waals surface area (Å²) in [5, 5.41) is 9.30. The number of para-hydroxylation sites is 1. The molecule has 132 valence electrons. The number of aromatic nitrogens is 2. The second-order valence-corrected chi connectivity index (χ2v) is 6.89. The first-order chi connectivity index (χ1) is 12.1. The molecule has 1 aromatic carbocycles. The highest BCUT2D eigenvalue weighted by Crippen LogP contribution is 2.22. The maximum Gasteiger partial charge on any atom is 0.203 e. The number of aryl methyl sites for hydroxylation is 2. The van der Waals surface area contributed by atoms with Crippen LogP contribution in [0.4, 0.5) is 0 Å². The van der Waals surface area contributed by atoms with Gasteiger partial charge in [0.15, 0.2) is 5.78 Å². The summed E-state index contributed by atoms with van der Waals surface area (Å²) in [7, 11) is 0. The fraction of sp³-hybridized carbons (Fsp3) is 0.400. The number of nitrogens with zero attached hydrogens (tertiary/aromatic N) is 2. The van der Waals surface area contributed by atoms with Gasteiger partial charge in [0.1, 0.15) is 0 Å². The number of ketones is 1. The van der Waals surface area contributed by atoms with Crippen LogP contribution < -0.4 is 5.62 Å². The summed E-state index contributed by atoms with van der Waals surface area (Å²) in [5.41, 5.74) is 3.68. The zero-order valence-corrected chi connectivity index (χ0v) is 15.5. The molecule has 0 saturated carbocycles. The fourth-order valence-electron chi connectivity index (χ4n) is 3.47. The Morgan fingerprint density at radius 3 is 2.76 bits per heavy atom. The minimum atomic E-state index is -0.159. The molecular formula is C20H24ClN3O. The molecule has 0 bridgehead atoms. The maximum absolute atomic E-state index is 12.8. The van der Waals surface area contributed by atoms with E-state index in [4.69, 9.17) is 17.0 Å². The van der Waals surface area contributed by atoms with Crippen molar-refractivity contribution in [1.82, 2.24) is 9.13 Å². The first-order valence-electron chi connectivity index (χ1n) is 8.88. The monoisotopic (exact) mass is 357 g/mol. The van der Waals surface area contributed by atoms with Crippen molar-refractivity contribution in [2.24, 2.45) is 5.92 Å². The lowest BCUT2D eigenvalue weighted by atomic mass is 9.96. The van der Waals surface area contributed by atoms with Crippen molar-refractivity contribution < 1.29 is 4.79 Å². The Hall–Kier alpha value is -2.07. The van der Waals surface area contributed by atoms with Gasteiger partial charge in [-0.3, -0.25) is 10.2 Å². The summed E-state index contributed by atoms with van der Waals surface area (Å²) >= 11 is 5.95. The van der Waals surface area contributed by atoms with Gasteiger partial charge in [0.2, 0.25) is 5.62 Å². The predicted octanol–water partition coefficient (Wildman–Crippen LogP) is 4.16. The minimum Gasteiger partial charge on any atom is -0.310 e. The third-order valence-corrected chi connectivity index (χ3v) is 5.06. The molecule has 1 aliphatic carbocycles. The van der Waals surface area contributed by atoms with Gasteiger partial charge in [-0.15, -0.1) is 0 Å². The highest BCUT2D eigenvalue weighted by atomic mass is 35.5. The van der Waals surface area contributed by atoms with Crippen LogP contribution in [0.1, 0.15) is 32.3 Å². The Balaban J connectivity index is 2.02. The van der Waals surface area contributed by atoms with Crippen molar-refractivity contribution in [2.45, 2.75) is 46.2 Å². The lowest BCUT2D eigenvalue weighted by Crippen LogP contribution is -2.29. The number of rotatable bonds is 6. The van der Waals surface area contributed by atoms with E-state index in [9.17, 15) is 4.79 Å². The van der Waals surface area contributed by atoms with Crippen molar-refractivity contribution in [2.75, 3.05) is 0 Å². The normalized spacial score (nSPS) is 17.1. The summed E-state index contributed by atoms with van der Waals surface area (Å²) < 4.78 is 3.88. The molecule has 1 aliphatic rings. The molecule has 0 aliphatic heterocycles. The molecule has 0 radical (unpaired) electrons. The molecule has 1 N–H and O–H groups in total.